The molecule has 0 saturated heterocycles. The molecule has 214 valence electrons. The van der Waals surface area contributed by atoms with E-state index >= 15 is 0 Å². The first-order chi connectivity index (χ1) is 20.5. The standard InChI is InChI=1S/C38H40N2O2/c1-4-40-36-22-19-30(35(39-42-27(3)41)21-18-28-13-9-10-14-28)24-33(36)34-25-31(20-23-37(34)40)38(29-15-6-5-7-16-29)32-17-11-8-12-26(32)2/h5-8,11-12,15-17,19-20,22-25,28,38H,4,9-10,13-14,18,21H2,1-3H3. The van der Waals surface area contributed by atoms with E-state index in [9.17, 15) is 4.79 Å². The zero-order valence-corrected chi connectivity index (χ0v) is 25.0. The van der Waals surface area contributed by atoms with E-state index in [0.29, 0.717) is 0 Å². The summed E-state index contributed by atoms with van der Waals surface area (Å²) in [5, 5.41) is 6.81. The van der Waals surface area contributed by atoms with Gasteiger partial charge >= 0.3 is 5.97 Å². The van der Waals surface area contributed by atoms with E-state index in [-0.39, 0.29) is 11.9 Å². The number of carbonyl (C=O) groups is 1. The van der Waals surface area contributed by atoms with Gasteiger partial charge in [-0.1, -0.05) is 97.6 Å². The molecule has 0 aliphatic heterocycles. The normalized spacial score (nSPS) is 15.0. The summed E-state index contributed by atoms with van der Waals surface area (Å²) < 4.78 is 2.39. The molecule has 1 saturated carbocycles. The van der Waals surface area contributed by atoms with E-state index in [1.165, 1.54) is 76.7 Å². The van der Waals surface area contributed by atoms with Crippen molar-refractivity contribution in [3.63, 3.8) is 0 Å². The van der Waals surface area contributed by atoms with Gasteiger partial charge in [0.2, 0.25) is 0 Å². The van der Waals surface area contributed by atoms with Gasteiger partial charge < -0.3 is 9.40 Å². The number of nitrogens with zero attached hydrogens (tertiary/aromatic N) is 2. The lowest BCUT2D eigenvalue weighted by Gasteiger charge is -2.21. The smallest absolute Gasteiger partial charge is 0.331 e. The Labute approximate surface area is 249 Å². The van der Waals surface area contributed by atoms with Crippen molar-refractivity contribution in [1.29, 1.82) is 0 Å². The largest absolute Gasteiger partial charge is 0.341 e. The summed E-state index contributed by atoms with van der Waals surface area (Å²) in [6.07, 6.45) is 7.10. The van der Waals surface area contributed by atoms with Crippen molar-refractivity contribution in [3.8, 4) is 0 Å². The molecule has 4 aromatic carbocycles. The zero-order chi connectivity index (χ0) is 29.1. The zero-order valence-electron chi connectivity index (χ0n) is 25.0. The van der Waals surface area contributed by atoms with Crippen LogP contribution in [0.2, 0.25) is 0 Å². The molecule has 6 rings (SSSR count). The predicted octanol–water partition coefficient (Wildman–Crippen LogP) is 9.54. The first kappa shape index (κ1) is 28.0. The highest BCUT2D eigenvalue weighted by Gasteiger charge is 2.21. The number of hydrogen-bond acceptors (Lipinski definition) is 3. The second-order valence-corrected chi connectivity index (χ2v) is 11.8. The molecule has 0 bridgehead atoms. The van der Waals surface area contributed by atoms with E-state index in [2.05, 4.69) is 115 Å². The van der Waals surface area contributed by atoms with Gasteiger partial charge in [0.25, 0.3) is 0 Å². The fraction of sp³-hybridized carbons (Fsp3) is 0.316. The predicted molar refractivity (Wildman–Crippen MR) is 173 cm³/mol. The molecule has 0 radical (unpaired) electrons. The third kappa shape index (κ3) is 5.63. The van der Waals surface area contributed by atoms with E-state index in [1.54, 1.807) is 0 Å². The summed E-state index contributed by atoms with van der Waals surface area (Å²) >= 11 is 0. The van der Waals surface area contributed by atoms with Crippen molar-refractivity contribution in [1.82, 2.24) is 4.57 Å². The molecule has 0 spiro atoms. The molecule has 1 fully saturated rings. The van der Waals surface area contributed by atoms with Crippen molar-refractivity contribution in [2.75, 3.05) is 0 Å². The molecule has 1 aliphatic carbocycles. The summed E-state index contributed by atoms with van der Waals surface area (Å²) in [5.41, 5.74) is 9.50. The fourth-order valence-corrected chi connectivity index (χ4v) is 6.93. The minimum Gasteiger partial charge on any atom is -0.341 e. The first-order valence-corrected chi connectivity index (χ1v) is 15.4. The number of benzene rings is 4. The van der Waals surface area contributed by atoms with Gasteiger partial charge in [-0.3, -0.25) is 0 Å². The highest BCUT2D eigenvalue weighted by molar-refractivity contribution is 6.12. The van der Waals surface area contributed by atoms with E-state index in [0.717, 1.165) is 36.6 Å². The Hall–Kier alpha value is -4.18. The number of hydrogen-bond donors (Lipinski definition) is 0. The van der Waals surface area contributed by atoms with Crippen LogP contribution in [0.5, 0.6) is 0 Å². The first-order valence-electron chi connectivity index (χ1n) is 15.4. The summed E-state index contributed by atoms with van der Waals surface area (Å²) in [6.45, 7) is 6.70. The lowest BCUT2D eigenvalue weighted by molar-refractivity contribution is -0.140. The van der Waals surface area contributed by atoms with Crippen LogP contribution in [-0.4, -0.2) is 16.2 Å². The topological polar surface area (TPSA) is 43.6 Å². The molecule has 5 aromatic rings. The van der Waals surface area contributed by atoms with Crippen LogP contribution < -0.4 is 0 Å². The monoisotopic (exact) mass is 556 g/mol. The van der Waals surface area contributed by atoms with Crippen LogP contribution in [-0.2, 0) is 16.2 Å². The number of aromatic nitrogens is 1. The van der Waals surface area contributed by atoms with Gasteiger partial charge in [-0.15, -0.1) is 0 Å². The Bertz CT molecular complexity index is 1740. The number of aryl methyl sites for hydroxylation is 2. The van der Waals surface area contributed by atoms with Crippen molar-refractivity contribution >= 4 is 33.5 Å². The Morgan fingerprint density at radius 2 is 1.57 bits per heavy atom. The fourth-order valence-electron chi connectivity index (χ4n) is 6.93. The molecule has 1 aromatic heterocycles. The molecular formula is C38H40N2O2. The lowest BCUT2D eigenvalue weighted by atomic mass is 9.82. The number of fused-ring (bicyclic) bond motifs is 3. The third-order valence-electron chi connectivity index (χ3n) is 9.05. The Morgan fingerprint density at radius 3 is 2.29 bits per heavy atom. The Balaban J connectivity index is 1.48. The second kappa shape index (κ2) is 12.4. The maximum absolute atomic E-state index is 11.7. The van der Waals surface area contributed by atoms with Crippen LogP contribution >= 0.6 is 0 Å². The lowest BCUT2D eigenvalue weighted by Crippen LogP contribution is -2.07. The molecule has 1 aliphatic rings. The van der Waals surface area contributed by atoms with Crippen LogP contribution in [0.3, 0.4) is 0 Å². The molecule has 1 atom stereocenters. The van der Waals surface area contributed by atoms with Crippen LogP contribution in [0, 0.1) is 12.8 Å². The molecular weight excluding hydrogens is 516 g/mol. The molecule has 42 heavy (non-hydrogen) atoms. The van der Waals surface area contributed by atoms with Crippen LogP contribution in [0.15, 0.2) is 96.2 Å². The summed E-state index contributed by atoms with van der Waals surface area (Å²) in [6, 6.07) is 33.1. The number of carbonyl (C=O) groups excluding carboxylic acids is 1. The maximum atomic E-state index is 11.7. The number of oxime groups is 1. The average Bonchev–Trinajstić information content (AvgIpc) is 3.64. The second-order valence-electron chi connectivity index (χ2n) is 11.8. The minimum absolute atomic E-state index is 0.132. The molecule has 0 N–H and O–H groups in total. The van der Waals surface area contributed by atoms with Gasteiger partial charge in [-0.05, 0) is 79.1 Å². The SMILES string of the molecule is CCn1c2ccc(C(CCC3CCCC3)=NOC(C)=O)cc2c2cc(C(c3ccccc3)c3ccccc3C)ccc21. The van der Waals surface area contributed by atoms with Crippen LogP contribution in [0.4, 0.5) is 0 Å². The Morgan fingerprint density at radius 1 is 0.881 bits per heavy atom. The quantitative estimate of drug-likeness (QED) is 0.0785. The Kier molecular flexibility index (Phi) is 8.23. The molecule has 1 unspecified atom stereocenters. The highest BCUT2D eigenvalue weighted by atomic mass is 16.7. The van der Waals surface area contributed by atoms with Crippen molar-refractivity contribution in [2.24, 2.45) is 11.1 Å². The van der Waals surface area contributed by atoms with Gasteiger partial charge in [0.15, 0.2) is 0 Å². The molecule has 4 heteroatoms. The van der Waals surface area contributed by atoms with E-state index < -0.39 is 0 Å². The van der Waals surface area contributed by atoms with Gasteiger partial charge in [0, 0.05) is 46.8 Å². The molecule has 4 nitrogen and oxygen atoms in total. The van der Waals surface area contributed by atoms with Crippen molar-refractivity contribution < 1.29 is 9.63 Å². The van der Waals surface area contributed by atoms with Crippen LogP contribution in [0.25, 0.3) is 21.8 Å². The minimum atomic E-state index is -0.384. The van der Waals surface area contributed by atoms with Crippen molar-refractivity contribution in [2.45, 2.75) is 71.8 Å². The summed E-state index contributed by atoms with van der Waals surface area (Å²) in [7, 11) is 0. The summed E-state index contributed by atoms with van der Waals surface area (Å²) in [5.74, 6) is 0.481. The molecule has 1 heterocycles. The highest BCUT2D eigenvalue weighted by Crippen LogP contribution is 2.38. The molecule has 0 amide bonds. The van der Waals surface area contributed by atoms with E-state index in [1.807, 2.05) is 0 Å². The van der Waals surface area contributed by atoms with Crippen LogP contribution in [0.1, 0.15) is 86.1 Å². The van der Waals surface area contributed by atoms with Gasteiger partial charge in [0.05, 0.1) is 5.71 Å². The van der Waals surface area contributed by atoms with E-state index in [4.69, 9.17) is 4.84 Å². The summed E-state index contributed by atoms with van der Waals surface area (Å²) in [4.78, 5) is 16.9. The van der Waals surface area contributed by atoms with Gasteiger partial charge in [0.1, 0.15) is 0 Å². The maximum Gasteiger partial charge on any atom is 0.331 e. The van der Waals surface area contributed by atoms with Gasteiger partial charge in [-0.2, -0.15) is 0 Å². The average molecular weight is 557 g/mol. The van der Waals surface area contributed by atoms with Gasteiger partial charge in [-0.25, -0.2) is 4.79 Å². The number of rotatable bonds is 9. The van der Waals surface area contributed by atoms with Crippen molar-refractivity contribution in [3.05, 3.63) is 119 Å². The third-order valence-corrected chi connectivity index (χ3v) is 9.05.